The number of rotatable bonds is 6. The van der Waals surface area contributed by atoms with Crippen LogP contribution in [0.2, 0.25) is 0 Å². The second-order valence-electron chi connectivity index (χ2n) is 6.21. The summed E-state index contributed by atoms with van der Waals surface area (Å²) in [5.41, 5.74) is 1.87. The fourth-order valence-corrected chi connectivity index (χ4v) is 2.81. The van der Waals surface area contributed by atoms with Gasteiger partial charge in [0.2, 0.25) is 0 Å². The van der Waals surface area contributed by atoms with E-state index in [0.717, 1.165) is 30.2 Å². The summed E-state index contributed by atoms with van der Waals surface area (Å²) < 4.78 is 23.0. The summed E-state index contributed by atoms with van der Waals surface area (Å²) in [6.07, 6.45) is 6.08. The van der Waals surface area contributed by atoms with Crippen LogP contribution in [0.25, 0.3) is 0 Å². The SMILES string of the molecule is C=C(C=C(C)C)C(=O)N(C)C1(/C(C)=C/C(=C)S(C)(=O)=O)CC1. The van der Waals surface area contributed by atoms with Crippen LogP contribution in [0.15, 0.2) is 46.9 Å². The van der Waals surface area contributed by atoms with Gasteiger partial charge in [-0.1, -0.05) is 24.8 Å². The Morgan fingerprint density at radius 1 is 1.14 bits per heavy atom. The molecule has 5 heteroatoms. The standard InChI is InChI=1S/C17H25NO3S/c1-12(2)10-13(3)16(19)18(6)17(8-9-17)14(4)11-15(5)22(7,20)21/h10-11H,3,5,8-9H2,1-2,4,6-7H3/b14-11+. The minimum absolute atomic E-state index is 0.0697. The van der Waals surface area contributed by atoms with Gasteiger partial charge < -0.3 is 4.90 Å². The largest absolute Gasteiger partial charge is 0.332 e. The van der Waals surface area contributed by atoms with E-state index in [4.69, 9.17) is 0 Å². The summed E-state index contributed by atoms with van der Waals surface area (Å²) >= 11 is 0. The number of amides is 1. The number of sulfone groups is 1. The molecule has 0 atom stereocenters. The second-order valence-corrected chi connectivity index (χ2v) is 8.28. The summed E-state index contributed by atoms with van der Waals surface area (Å²) in [5.74, 6) is -0.142. The molecule has 1 fully saturated rings. The van der Waals surface area contributed by atoms with E-state index in [1.54, 1.807) is 24.1 Å². The van der Waals surface area contributed by atoms with E-state index in [1.165, 1.54) is 0 Å². The molecule has 122 valence electrons. The molecule has 0 saturated heterocycles. The lowest BCUT2D eigenvalue weighted by molar-refractivity contribution is -0.127. The van der Waals surface area contributed by atoms with Crippen LogP contribution >= 0.6 is 0 Å². The van der Waals surface area contributed by atoms with Crippen molar-refractivity contribution in [3.8, 4) is 0 Å². The highest BCUT2D eigenvalue weighted by atomic mass is 32.2. The van der Waals surface area contributed by atoms with Crippen molar-refractivity contribution in [1.82, 2.24) is 4.90 Å². The number of carbonyl (C=O) groups is 1. The number of hydrogen-bond donors (Lipinski definition) is 0. The Balaban J connectivity index is 3.03. The molecule has 0 aromatic heterocycles. The van der Waals surface area contributed by atoms with Gasteiger partial charge in [0.25, 0.3) is 5.91 Å². The van der Waals surface area contributed by atoms with Gasteiger partial charge in [-0.2, -0.15) is 0 Å². The zero-order valence-corrected chi connectivity index (χ0v) is 14.9. The molecule has 0 aromatic rings. The van der Waals surface area contributed by atoms with Crippen LogP contribution in [0.5, 0.6) is 0 Å². The highest BCUT2D eigenvalue weighted by molar-refractivity contribution is 7.94. The van der Waals surface area contributed by atoms with Gasteiger partial charge in [0.05, 0.1) is 10.4 Å². The van der Waals surface area contributed by atoms with E-state index in [1.807, 2.05) is 20.8 Å². The van der Waals surface area contributed by atoms with Gasteiger partial charge in [-0.3, -0.25) is 4.79 Å². The third kappa shape index (κ3) is 3.97. The van der Waals surface area contributed by atoms with Crippen LogP contribution in [-0.4, -0.2) is 38.1 Å². The van der Waals surface area contributed by atoms with Crippen molar-refractivity contribution in [3.05, 3.63) is 46.9 Å². The predicted octanol–water partition coefficient (Wildman–Crippen LogP) is 3.00. The Labute approximate surface area is 133 Å². The molecule has 0 heterocycles. The lowest BCUT2D eigenvalue weighted by atomic mass is 10.0. The Bertz CT molecular complexity index is 673. The molecule has 1 aliphatic carbocycles. The van der Waals surface area contributed by atoms with E-state index in [0.29, 0.717) is 5.57 Å². The predicted molar refractivity (Wildman–Crippen MR) is 91.0 cm³/mol. The average Bonchev–Trinajstić information content (AvgIpc) is 3.16. The van der Waals surface area contributed by atoms with Crippen LogP contribution in [0.3, 0.4) is 0 Å². The lowest BCUT2D eigenvalue weighted by Gasteiger charge is -2.29. The van der Waals surface area contributed by atoms with E-state index < -0.39 is 15.4 Å². The first-order chi connectivity index (χ1) is 9.91. The van der Waals surface area contributed by atoms with Crippen LogP contribution in [0.1, 0.15) is 33.6 Å². The monoisotopic (exact) mass is 323 g/mol. The summed E-state index contributed by atoms with van der Waals surface area (Å²) in [7, 11) is -1.57. The molecule has 0 radical (unpaired) electrons. The molecule has 0 unspecified atom stereocenters. The maximum Gasteiger partial charge on any atom is 0.253 e. The lowest BCUT2D eigenvalue weighted by Crippen LogP contribution is -2.40. The average molecular weight is 323 g/mol. The van der Waals surface area contributed by atoms with E-state index >= 15 is 0 Å². The number of likely N-dealkylation sites (N-methyl/N-ethyl adjacent to an activating group) is 1. The molecule has 0 bridgehead atoms. The summed E-state index contributed by atoms with van der Waals surface area (Å²) in [4.78, 5) is 14.2. The number of hydrogen-bond acceptors (Lipinski definition) is 3. The first-order valence-corrected chi connectivity index (χ1v) is 9.00. The molecule has 0 aromatic carbocycles. The molecule has 1 aliphatic rings. The third-order valence-electron chi connectivity index (χ3n) is 4.00. The molecule has 1 rings (SSSR count). The van der Waals surface area contributed by atoms with Gasteiger partial charge in [-0.05, 0) is 45.3 Å². The Morgan fingerprint density at radius 3 is 2.00 bits per heavy atom. The summed E-state index contributed by atoms with van der Waals surface area (Å²) in [6.45, 7) is 13.1. The van der Waals surface area contributed by atoms with Crippen molar-refractivity contribution in [2.24, 2.45) is 0 Å². The summed E-state index contributed by atoms with van der Waals surface area (Å²) in [5, 5.41) is 0. The zero-order chi connectivity index (χ0) is 17.3. The van der Waals surface area contributed by atoms with Crippen molar-refractivity contribution in [3.63, 3.8) is 0 Å². The van der Waals surface area contributed by atoms with Crippen molar-refractivity contribution in [2.75, 3.05) is 13.3 Å². The van der Waals surface area contributed by atoms with Gasteiger partial charge >= 0.3 is 0 Å². The molecule has 4 nitrogen and oxygen atoms in total. The Morgan fingerprint density at radius 2 is 1.64 bits per heavy atom. The number of carbonyl (C=O) groups excluding carboxylic acids is 1. The number of nitrogens with zero attached hydrogens (tertiary/aromatic N) is 1. The van der Waals surface area contributed by atoms with Gasteiger partial charge in [0, 0.05) is 18.9 Å². The van der Waals surface area contributed by atoms with Gasteiger partial charge in [0.1, 0.15) is 0 Å². The zero-order valence-electron chi connectivity index (χ0n) is 14.1. The van der Waals surface area contributed by atoms with Crippen molar-refractivity contribution in [2.45, 2.75) is 39.2 Å². The first kappa shape index (κ1) is 18.4. The molecule has 0 N–H and O–H groups in total. The molecular formula is C17H25NO3S. The van der Waals surface area contributed by atoms with Crippen LogP contribution in [-0.2, 0) is 14.6 Å². The van der Waals surface area contributed by atoms with Crippen molar-refractivity contribution >= 4 is 15.7 Å². The quantitative estimate of drug-likeness (QED) is 0.558. The highest BCUT2D eigenvalue weighted by Gasteiger charge is 2.50. The van der Waals surface area contributed by atoms with Crippen molar-refractivity contribution < 1.29 is 13.2 Å². The maximum absolute atomic E-state index is 12.5. The van der Waals surface area contributed by atoms with E-state index in [2.05, 4.69) is 13.2 Å². The van der Waals surface area contributed by atoms with Gasteiger partial charge in [-0.25, -0.2) is 8.42 Å². The van der Waals surface area contributed by atoms with Crippen LogP contribution in [0, 0.1) is 0 Å². The molecule has 0 spiro atoms. The van der Waals surface area contributed by atoms with Crippen LogP contribution in [0.4, 0.5) is 0 Å². The second kappa shape index (κ2) is 6.24. The molecule has 1 saturated carbocycles. The van der Waals surface area contributed by atoms with E-state index in [9.17, 15) is 13.2 Å². The normalized spacial score (nSPS) is 16.7. The fourth-order valence-electron chi connectivity index (χ4n) is 2.42. The van der Waals surface area contributed by atoms with Gasteiger partial charge in [0.15, 0.2) is 9.84 Å². The maximum atomic E-state index is 12.5. The van der Waals surface area contributed by atoms with Crippen molar-refractivity contribution in [1.29, 1.82) is 0 Å². The molecule has 1 amide bonds. The van der Waals surface area contributed by atoms with Crippen LogP contribution < -0.4 is 0 Å². The third-order valence-corrected chi connectivity index (χ3v) is 5.07. The molecule has 22 heavy (non-hydrogen) atoms. The Hall–Kier alpha value is -1.62. The topological polar surface area (TPSA) is 54.5 Å². The minimum atomic E-state index is -3.31. The minimum Gasteiger partial charge on any atom is -0.332 e. The molecule has 0 aliphatic heterocycles. The number of allylic oxidation sites excluding steroid dienone is 2. The Kier molecular flexibility index (Phi) is 5.23. The van der Waals surface area contributed by atoms with Gasteiger partial charge in [-0.15, -0.1) is 0 Å². The smallest absolute Gasteiger partial charge is 0.253 e. The molecular weight excluding hydrogens is 298 g/mol. The highest BCUT2D eigenvalue weighted by Crippen LogP contribution is 2.47. The van der Waals surface area contributed by atoms with E-state index in [-0.39, 0.29) is 10.8 Å². The fraction of sp³-hybridized carbons (Fsp3) is 0.471. The summed E-state index contributed by atoms with van der Waals surface area (Å²) in [6, 6.07) is 0. The first-order valence-electron chi connectivity index (χ1n) is 7.11.